The molecule has 1 fully saturated rings. The number of hydrogen-bond donors (Lipinski definition) is 1. The summed E-state index contributed by atoms with van der Waals surface area (Å²) >= 11 is 5.11. The lowest BCUT2D eigenvalue weighted by molar-refractivity contribution is 0.364. The Morgan fingerprint density at radius 1 is 1.64 bits per heavy atom. The molecule has 1 saturated heterocycles. The Kier molecular flexibility index (Phi) is 1.92. The molecule has 1 N–H and O–H groups in total. The van der Waals surface area contributed by atoms with Gasteiger partial charge in [0.25, 0.3) is 0 Å². The Hall–Kier alpha value is -0.570. The van der Waals surface area contributed by atoms with Gasteiger partial charge in [0.2, 0.25) is 0 Å². The molecule has 0 aromatic carbocycles. The fraction of sp³-hybridized carbons (Fsp3) is 0.625. The summed E-state index contributed by atoms with van der Waals surface area (Å²) in [7, 11) is 1.94. The van der Waals surface area contributed by atoms with Crippen molar-refractivity contribution in [2.45, 2.75) is 25.8 Å². The van der Waals surface area contributed by atoms with E-state index in [0.717, 1.165) is 17.2 Å². The van der Waals surface area contributed by atoms with Crippen LogP contribution in [0.5, 0.6) is 0 Å². The van der Waals surface area contributed by atoms with Crippen LogP contribution in [-0.2, 0) is 0 Å². The van der Waals surface area contributed by atoms with Gasteiger partial charge in [-0.3, -0.25) is 0 Å². The van der Waals surface area contributed by atoms with Crippen LogP contribution >= 0.6 is 12.2 Å². The first-order valence-electron chi connectivity index (χ1n) is 3.66. The average Bonchev–Trinajstić information content (AvgIpc) is 1.81. The van der Waals surface area contributed by atoms with Gasteiger partial charge in [0.15, 0.2) is 5.11 Å². The second-order valence-corrected chi connectivity index (χ2v) is 4.00. The van der Waals surface area contributed by atoms with E-state index in [1.165, 1.54) is 0 Å². The molecule has 3 heteroatoms. The van der Waals surface area contributed by atoms with E-state index < -0.39 is 0 Å². The van der Waals surface area contributed by atoms with E-state index in [1.54, 1.807) is 0 Å². The highest BCUT2D eigenvalue weighted by molar-refractivity contribution is 7.80. The first-order valence-corrected chi connectivity index (χ1v) is 4.07. The third kappa shape index (κ3) is 1.71. The summed E-state index contributed by atoms with van der Waals surface area (Å²) in [6.07, 6.45) is 0.948. The lowest BCUT2D eigenvalue weighted by Gasteiger charge is -2.39. The molecule has 0 amide bonds. The van der Waals surface area contributed by atoms with Gasteiger partial charge in [-0.05, 0) is 26.1 Å². The molecule has 1 heterocycles. The summed E-state index contributed by atoms with van der Waals surface area (Å²) in [6.45, 7) is 8.18. The summed E-state index contributed by atoms with van der Waals surface area (Å²) in [5.41, 5.74) is 1.15. The van der Waals surface area contributed by atoms with Crippen molar-refractivity contribution in [3.8, 4) is 0 Å². The summed E-state index contributed by atoms with van der Waals surface area (Å²) in [4.78, 5) is 1.92. The molecule has 1 rings (SSSR count). The van der Waals surface area contributed by atoms with Crippen molar-refractivity contribution in [2.24, 2.45) is 0 Å². The van der Waals surface area contributed by atoms with Gasteiger partial charge < -0.3 is 10.2 Å². The predicted octanol–water partition coefficient (Wildman–Crippen LogP) is 1.49. The average molecular weight is 170 g/mol. The topological polar surface area (TPSA) is 15.3 Å². The van der Waals surface area contributed by atoms with Gasteiger partial charge in [0, 0.05) is 24.7 Å². The lowest BCUT2D eigenvalue weighted by Crippen LogP contribution is -2.54. The first-order chi connectivity index (χ1) is 4.92. The van der Waals surface area contributed by atoms with E-state index >= 15 is 0 Å². The Morgan fingerprint density at radius 3 is 2.64 bits per heavy atom. The summed E-state index contributed by atoms with van der Waals surface area (Å²) in [5, 5.41) is 4.00. The third-order valence-corrected chi connectivity index (χ3v) is 2.25. The van der Waals surface area contributed by atoms with Gasteiger partial charge in [-0.1, -0.05) is 6.58 Å². The maximum absolute atomic E-state index is 5.11. The molecule has 0 spiro atoms. The molecule has 0 aliphatic carbocycles. The standard InChI is InChI=1S/C8H14N2S/c1-6-5-8(2,3)9-7(11)10(6)4/h1,5H2,2-4H3,(H,9,11). The SMILES string of the molecule is C=C1CC(C)(C)NC(=S)N1C. The van der Waals surface area contributed by atoms with E-state index in [-0.39, 0.29) is 5.54 Å². The zero-order valence-corrected chi connectivity index (χ0v) is 8.09. The molecule has 0 bridgehead atoms. The van der Waals surface area contributed by atoms with Gasteiger partial charge in [0.1, 0.15) is 0 Å². The van der Waals surface area contributed by atoms with Gasteiger partial charge in [-0.15, -0.1) is 0 Å². The number of thiocarbonyl (C=S) groups is 1. The van der Waals surface area contributed by atoms with Crippen LogP contribution in [0.1, 0.15) is 20.3 Å². The Labute approximate surface area is 73.3 Å². The van der Waals surface area contributed by atoms with Gasteiger partial charge in [-0.2, -0.15) is 0 Å². The quantitative estimate of drug-likeness (QED) is 0.554. The summed E-state index contributed by atoms with van der Waals surface area (Å²) in [6, 6.07) is 0. The monoisotopic (exact) mass is 170 g/mol. The smallest absolute Gasteiger partial charge is 0.173 e. The van der Waals surface area contributed by atoms with E-state index in [1.807, 2.05) is 11.9 Å². The summed E-state index contributed by atoms with van der Waals surface area (Å²) in [5.74, 6) is 0. The zero-order valence-electron chi connectivity index (χ0n) is 7.27. The number of nitrogens with one attached hydrogen (secondary N) is 1. The van der Waals surface area contributed by atoms with Crippen molar-refractivity contribution >= 4 is 17.3 Å². The Bertz CT molecular complexity index is 188. The highest BCUT2D eigenvalue weighted by Gasteiger charge is 2.28. The van der Waals surface area contributed by atoms with Crippen LogP contribution in [-0.4, -0.2) is 22.6 Å². The van der Waals surface area contributed by atoms with Crippen LogP contribution in [0.3, 0.4) is 0 Å². The molecular weight excluding hydrogens is 156 g/mol. The Balaban J connectivity index is 2.78. The van der Waals surface area contributed by atoms with Crippen molar-refractivity contribution in [3.63, 3.8) is 0 Å². The van der Waals surface area contributed by atoms with Crippen LogP contribution in [0, 0.1) is 0 Å². The summed E-state index contributed by atoms with van der Waals surface area (Å²) < 4.78 is 0. The maximum atomic E-state index is 5.11. The molecular formula is C8H14N2S. The minimum Gasteiger partial charge on any atom is -0.357 e. The van der Waals surface area contributed by atoms with Crippen molar-refractivity contribution in [3.05, 3.63) is 12.3 Å². The predicted molar refractivity (Wildman–Crippen MR) is 51.3 cm³/mol. The van der Waals surface area contributed by atoms with Gasteiger partial charge in [-0.25, -0.2) is 0 Å². The van der Waals surface area contributed by atoms with Gasteiger partial charge in [0.05, 0.1) is 0 Å². The van der Waals surface area contributed by atoms with Crippen LogP contribution in [0.15, 0.2) is 12.3 Å². The second kappa shape index (κ2) is 2.48. The van der Waals surface area contributed by atoms with E-state index in [4.69, 9.17) is 12.2 Å². The second-order valence-electron chi connectivity index (χ2n) is 3.62. The van der Waals surface area contributed by atoms with Crippen molar-refractivity contribution in [2.75, 3.05) is 7.05 Å². The van der Waals surface area contributed by atoms with Crippen LogP contribution in [0.4, 0.5) is 0 Å². The molecule has 11 heavy (non-hydrogen) atoms. The molecule has 1 aliphatic rings. The minimum atomic E-state index is 0.0701. The van der Waals surface area contributed by atoms with Crippen molar-refractivity contribution < 1.29 is 0 Å². The minimum absolute atomic E-state index is 0.0701. The van der Waals surface area contributed by atoms with Crippen LogP contribution in [0.25, 0.3) is 0 Å². The fourth-order valence-electron chi connectivity index (χ4n) is 1.19. The number of hydrogen-bond acceptors (Lipinski definition) is 1. The van der Waals surface area contributed by atoms with E-state index in [9.17, 15) is 0 Å². The molecule has 1 aliphatic heterocycles. The van der Waals surface area contributed by atoms with Crippen molar-refractivity contribution in [1.29, 1.82) is 0 Å². The van der Waals surface area contributed by atoms with Gasteiger partial charge >= 0.3 is 0 Å². The normalized spacial score (nSPS) is 23.4. The number of rotatable bonds is 0. The molecule has 2 nitrogen and oxygen atoms in total. The molecule has 62 valence electrons. The third-order valence-electron chi connectivity index (χ3n) is 1.87. The molecule has 0 aromatic rings. The first kappa shape index (κ1) is 8.53. The Morgan fingerprint density at radius 2 is 2.18 bits per heavy atom. The lowest BCUT2D eigenvalue weighted by atomic mass is 9.97. The number of nitrogens with zero attached hydrogens (tertiary/aromatic N) is 1. The van der Waals surface area contributed by atoms with E-state index in [0.29, 0.717) is 0 Å². The van der Waals surface area contributed by atoms with Crippen LogP contribution < -0.4 is 5.32 Å². The van der Waals surface area contributed by atoms with Crippen LogP contribution in [0.2, 0.25) is 0 Å². The fourth-order valence-corrected chi connectivity index (χ4v) is 1.60. The van der Waals surface area contributed by atoms with Crippen molar-refractivity contribution in [1.82, 2.24) is 10.2 Å². The molecule has 0 radical (unpaired) electrons. The highest BCUT2D eigenvalue weighted by atomic mass is 32.1. The largest absolute Gasteiger partial charge is 0.357 e. The van der Waals surface area contributed by atoms with E-state index in [2.05, 4.69) is 25.7 Å². The molecule has 0 saturated carbocycles. The molecule has 0 unspecified atom stereocenters. The maximum Gasteiger partial charge on any atom is 0.173 e. The highest BCUT2D eigenvalue weighted by Crippen LogP contribution is 2.21. The zero-order chi connectivity index (χ0) is 8.65. The molecule has 0 aromatic heterocycles. The molecule has 0 atom stereocenters.